The van der Waals surface area contributed by atoms with Crippen molar-refractivity contribution < 1.29 is 78.8 Å². The monoisotopic (exact) mass is 313 g/mol. The molecule has 1 aromatic carbocycles. The Morgan fingerprint density at radius 2 is 1.93 bits per heavy atom. The minimum absolute atomic E-state index is 0. The zero-order chi connectivity index (χ0) is 9.14. The summed E-state index contributed by atoms with van der Waals surface area (Å²) in [6.07, 6.45) is 0. The van der Waals surface area contributed by atoms with Crippen molar-refractivity contribution in [3.8, 4) is 0 Å². The maximum atomic E-state index is 10.5. The Labute approximate surface area is 143 Å². The number of carbonyl (C=O) groups is 1. The Kier molecular flexibility index (Phi) is 9.68. The standard InChI is InChI=1S/C9H11NO2.CH3.Cs/c1-6-4-2-3-5-7(6)8(10)9(11)12;;/h2-5,8H,10H2,1H3,(H,11,12);1H3;/q;-1;+1. The summed E-state index contributed by atoms with van der Waals surface area (Å²) in [6, 6.07) is 6.30. The van der Waals surface area contributed by atoms with Gasteiger partial charge in [0.2, 0.25) is 0 Å². The van der Waals surface area contributed by atoms with Gasteiger partial charge in [0.1, 0.15) is 6.04 Å². The summed E-state index contributed by atoms with van der Waals surface area (Å²) in [4.78, 5) is 10.5. The van der Waals surface area contributed by atoms with Crippen LogP contribution in [0.2, 0.25) is 0 Å². The summed E-state index contributed by atoms with van der Waals surface area (Å²) >= 11 is 0. The second-order valence-electron chi connectivity index (χ2n) is 2.67. The van der Waals surface area contributed by atoms with E-state index in [0.717, 1.165) is 5.56 Å². The fraction of sp³-hybridized carbons (Fsp3) is 0.200. The second-order valence-corrected chi connectivity index (χ2v) is 2.67. The van der Waals surface area contributed by atoms with Crippen LogP contribution in [0.4, 0.5) is 0 Å². The number of benzene rings is 1. The molecule has 0 aliphatic carbocycles. The van der Waals surface area contributed by atoms with Gasteiger partial charge >= 0.3 is 74.9 Å². The van der Waals surface area contributed by atoms with Gasteiger partial charge in [0.25, 0.3) is 0 Å². The summed E-state index contributed by atoms with van der Waals surface area (Å²) in [7, 11) is 0. The van der Waals surface area contributed by atoms with E-state index in [1.165, 1.54) is 0 Å². The van der Waals surface area contributed by atoms with E-state index in [1.807, 2.05) is 19.1 Å². The Balaban J connectivity index is 0. The Bertz CT molecular complexity index is 302. The van der Waals surface area contributed by atoms with Crippen molar-refractivity contribution in [3.05, 3.63) is 42.8 Å². The molecule has 3 nitrogen and oxygen atoms in total. The maximum absolute atomic E-state index is 10.5. The Morgan fingerprint density at radius 3 is 2.36 bits per heavy atom. The van der Waals surface area contributed by atoms with Crippen LogP contribution in [0.15, 0.2) is 24.3 Å². The first-order valence-corrected chi connectivity index (χ1v) is 3.67. The van der Waals surface area contributed by atoms with Crippen molar-refractivity contribution in [3.63, 3.8) is 0 Å². The van der Waals surface area contributed by atoms with Gasteiger partial charge in [0.05, 0.1) is 0 Å². The molecule has 1 aromatic rings. The molecule has 1 atom stereocenters. The fourth-order valence-electron chi connectivity index (χ4n) is 1.07. The summed E-state index contributed by atoms with van der Waals surface area (Å²) in [5, 5.41) is 8.63. The molecule has 4 heteroatoms. The number of aryl methyl sites for hydroxylation is 1. The van der Waals surface area contributed by atoms with Crippen LogP contribution in [0, 0.1) is 14.4 Å². The van der Waals surface area contributed by atoms with Gasteiger partial charge < -0.3 is 18.3 Å². The van der Waals surface area contributed by atoms with E-state index in [0.29, 0.717) is 5.56 Å². The summed E-state index contributed by atoms with van der Waals surface area (Å²) < 4.78 is 0. The van der Waals surface area contributed by atoms with Crippen molar-refractivity contribution in [1.29, 1.82) is 0 Å². The van der Waals surface area contributed by atoms with Gasteiger partial charge in [-0.2, -0.15) is 0 Å². The third kappa shape index (κ3) is 4.48. The molecule has 0 saturated carbocycles. The zero-order valence-electron chi connectivity index (χ0n) is 8.82. The molecule has 72 valence electrons. The van der Waals surface area contributed by atoms with Crippen molar-refractivity contribution in [1.82, 2.24) is 0 Å². The van der Waals surface area contributed by atoms with Crippen LogP contribution in [0.3, 0.4) is 0 Å². The molecule has 0 radical (unpaired) electrons. The molecule has 0 aliphatic rings. The van der Waals surface area contributed by atoms with E-state index in [9.17, 15) is 4.79 Å². The van der Waals surface area contributed by atoms with Gasteiger partial charge in [-0.05, 0) is 18.1 Å². The minimum Gasteiger partial charge on any atom is -0.480 e. The van der Waals surface area contributed by atoms with Gasteiger partial charge in [0, 0.05) is 0 Å². The van der Waals surface area contributed by atoms with Crippen molar-refractivity contribution in [2.24, 2.45) is 5.73 Å². The van der Waals surface area contributed by atoms with E-state index >= 15 is 0 Å². The first kappa shape index (κ1) is 17.1. The van der Waals surface area contributed by atoms with Gasteiger partial charge in [-0.25, -0.2) is 0 Å². The molecule has 0 fully saturated rings. The Hall–Kier alpha value is 0.702. The molecule has 0 amide bonds. The van der Waals surface area contributed by atoms with Crippen LogP contribution in [-0.4, -0.2) is 11.1 Å². The third-order valence-corrected chi connectivity index (χ3v) is 1.79. The SMILES string of the molecule is Cc1ccccc1C(N)C(=O)O.[CH3-].[Cs+]. The van der Waals surface area contributed by atoms with Crippen molar-refractivity contribution in [2.45, 2.75) is 13.0 Å². The summed E-state index contributed by atoms with van der Waals surface area (Å²) in [5.74, 6) is -0.996. The zero-order valence-corrected chi connectivity index (χ0v) is 15.1. The summed E-state index contributed by atoms with van der Waals surface area (Å²) in [5.41, 5.74) is 7.02. The number of aliphatic carboxylic acids is 1. The largest absolute Gasteiger partial charge is 1.00 e. The molecule has 14 heavy (non-hydrogen) atoms. The quantitative estimate of drug-likeness (QED) is 0.656. The van der Waals surface area contributed by atoms with Crippen molar-refractivity contribution >= 4 is 5.97 Å². The van der Waals surface area contributed by atoms with Gasteiger partial charge in [-0.1, -0.05) is 24.3 Å². The van der Waals surface area contributed by atoms with E-state index in [-0.39, 0.29) is 76.3 Å². The minimum atomic E-state index is -0.996. The van der Waals surface area contributed by atoms with Crippen LogP contribution < -0.4 is 74.6 Å². The molecule has 1 rings (SSSR count). The molecule has 0 spiro atoms. The molecular formula is C10H14CsNO2. The second kappa shape index (κ2) is 7.92. The predicted molar refractivity (Wildman–Crippen MR) is 52.2 cm³/mol. The first-order valence-electron chi connectivity index (χ1n) is 3.67. The van der Waals surface area contributed by atoms with Crippen LogP contribution in [0.25, 0.3) is 0 Å². The molecule has 1 unspecified atom stereocenters. The van der Waals surface area contributed by atoms with E-state index in [1.54, 1.807) is 12.1 Å². The van der Waals surface area contributed by atoms with Crippen LogP contribution >= 0.6 is 0 Å². The van der Waals surface area contributed by atoms with Gasteiger partial charge in [-0.3, -0.25) is 4.79 Å². The molecular weight excluding hydrogens is 299 g/mol. The van der Waals surface area contributed by atoms with Crippen molar-refractivity contribution in [2.75, 3.05) is 0 Å². The van der Waals surface area contributed by atoms with E-state index in [4.69, 9.17) is 10.8 Å². The fourth-order valence-corrected chi connectivity index (χ4v) is 1.07. The number of carboxylic acids is 1. The topological polar surface area (TPSA) is 63.3 Å². The normalized spacial score (nSPS) is 10.7. The average Bonchev–Trinajstić information content (AvgIpc) is 2.04. The van der Waals surface area contributed by atoms with Gasteiger partial charge in [-0.15, -0.1) is 0 Å². The molecule has 0 aliphatic heterocycles. The molecule has 0 saturated heterocycles. The maximum Gasteiger partial charge on any atom is 1.00 e. The smallest absolute Gasteiger partial charge is 0.480 e. The van der Waals surface area contributed by atoms with Crippen LogP contribution in [0.5, 0.6) is 0 Å². The molecule has 0 bridgehead atoms. The third-order valence-electron chi connectivity index (χ3n) is 1.79. The van der Waals surface area contributed by atoms with E-state index < -0.39 is 12.0 Å². The molecule has 3 N–H and O–H groups in total. The number of carboxylic acid groups (broad SMARTS) is 1. The van der Waals surface area contributed by atoms with E-state index in [2.05, 4.69) is 0 Å². The Morgan fingerprint density at radius 1 is 1.43 bits per heavy atom. The predicted octanol–water partition coefficient (Wildman–Crippen LogP) is -1.47. The molecule has 0 heterocycles. The van der Waals surface area contributed by atoms with Gasteiger partial charge in [0.15, 0.2) is 0 Å². The summed E-state index contributed by atoms with van der Waals surface area (Å²) in [6.45, 7) is 1.85. The number of hydrogen-bond acceptors (Lipinski definition) is 2. The van der Waals surface area contributed by atoms with Crippen LogP contribution in [0.1, 0.15) is 17.2 Å². The number of nitrogens with two attached hydrogens (primary N) is 1. The average molecular weight is 313 g/mol. The first-order chi connectivity index (χ1) is 5.63. The number of rotatable bonds is 2. The molecule has 0 aromatic heterocycles. The number of hydrogen-bond donors (Lipinski definition) is 2. The van der Waals surface area contributed by atoms with Crippen LogP contribution in [-0.2, 0) is 4.79 Å².